The number of benzene rings is 2. The molecule has 2 aromatic rings. The molecule has 0 saturated heterocycles. The Morgan fingerprint density at radius 3 is 2.41 bits per heavy atom. The number of amides is 2. The molecule has 10 heteroatoms. The van der Waals surface area contributed by atoms with Gasteiger partial charge in [-0.15, -0.1) is 0 Å². The molecule has 0 spiro atoms. The van der Waals surface area contributed by atoms with Crippen LogP contribution in [-0.2, 0) is 26.2 Å². The fourth-order valence-electron chi connectivity index (χ4n) is 3.46. The van der Waals surface area contributed by atoms with Crippen molar-refractivity contribution in [2.75, 3.05) is 30.8 Å². The molecule has 0 aromatic heterocycles. The van der Waals surface area contributed by atoms with Gasteiger partial charge in [-0.1, -0.05) is 18.2 Å². The van der Waals surface area contributed by atoms with Crippen molar-refractivity contribution >= 4 is 27.5 Å². The lowest BCUT2D eigenvalue weighted by molar-refractivity contribution is -0.140. The number of nitrogens with zero attached hydrogens (tertiary/aromatic N) is 2. The number of halogens is 1. The molecule has 0 fully saturated rings. The summed E-state index contributed by atoms with van der Waals surface area (Å²) >= 11 is 0. The molecule has 0 aliphatic carbocycles. The topological polar surface area (TPSA) is 96.0 Å². The standard InChI is InChI=1S/C24H32FN3O5S/c1-5-26-24(30)18(2)27(17-19-11-13-20(25)14-12-19)23(29)10-7-15-28(34(4,31)32)21-8-6-9-22(16-21)33-3/h6,8-9,11-14,16,18H,5,7,10,15,17H2,1-4H3,(H,26,30). The third-order valence-corrected chi connectivity index (χ3v) is 6.47. The van der Waals surface area contributed by atoms with Gasteiger partial charge in [-0.2, -0.15) is 0 Å². The van der Waals surface area contributed by atoms with Gasteiger partial charge in [-0.05, 0) is 50.1 Å². The molecule has 0 saturated carbocycles. The van der Waals surface area contributed by atoms with Crippen LogP contribution in [0.5, 0.6) is 5.75 Å². The number of carbonyl (C=O) groups is 2. The first-order valence-corrected chi connectivity index (χ1v) is 12.8. The summed E-state index contributed by atoms with van der Waals surface area (Å²) < 4.78 is 44.5. The highest BCUT2D eigenvalue weighted by atomic mass is 32.2. The molecule has 2 aromatic carbocycles. The van der Waals surface area contributed by atoms with E-state index in [0.717, 1.165) is 6.26 Å². The molecule has 1 atom stereocenters. The summed E-state index contributed by atoms with van der Waals surface area (Å²) in [5, 5.41) is 2.71. The van der Waals surface area contributed by atoms with Crippen LogP contribution in [-0.4, -0.2) is 57.6 Å². The molecule has 1 unspecified atom stereocenters. The summed E-state index contributed by atoms with van der Waals surface area (Å²) in [6.45, 7) is 4.05. The highest BCUT2D eigenvalue weighted by Crippen LogP contribution is 2.24. The lowest BCUT2D eigenvalue weighted by atomic mass is 10.1. The van der Waals surface area contributed by atoms with Crippen molar-refractivity contribution in [3.8, 4) is 5.75 Å². The van der Waals surface area contributed by atoms with Crippen LogP contribution >= 0.6 is 0 Å². The lowest BCUT2D eigenvalue weighted by Gasteiger charge is -2.29. The number of sulfonamides is 1. The Kier molecular flexibility index (Phi) is 9.85. The molecule has 0 radical (unpaired) electrons. The molecule has 8 nitrogen and oxygen atoms in total. The first-order valence-electron chi connectivity index (χ1n) is 11.0. The molecule has 2 rings (SSSR count). The second kappa shape index (κ2) is 12.4. The van der Waals surface area contributed by atoms with Gasteiger partial charge < -0.3 is 15.0 Å². The molecule has 186 valence electrons. The van der Waals surface area contributed by atoms with E-state index in [1.165, 1.54) is 28.4 Å². The lowest BCUT2D eigenvalue weighted by Crippen LogP contribution is -2.47. The van der Waals surface area contributed by atoms with Gasteiger partial charge in [0.25, 0.3) is 0 Å². The molecule has 0 aliphatic rings. The maximum Gasteiger partial charge on any atom is 0.242 e. The highest BCUT2D eigenvalue weighted by molar-refractivity contribution is 7.92. The van der Waals surface area contributed by atoms with E-state index in [0.29, 0.717) is 23.5 Å². The summed E-state index contributed by atoms with van der Waals surface area (Å²) in [7, 11) is -2.10. The normalized spacial score (nSPS) is 12.0. The molecule has 1 N–H and O–H groups in total. The summed E-state index contributed by atoms with van der Waals surface area (Å²) in [5.74, 6) is -0.477. The van der Waals surface area contributed by atoms with E-state index in [2.05, 4.69) is 5.32 Å². The second-order valence-electron chi connectivity index (χ2n) is 7.86. The van der Waals surface area contributed by atoms with Crippen LogP contribution in [0.4, 0.5) is 10.1 Å². The van der Waals surface area contributed by atoms with Crippen molar-refractivity contribution in [1.82, 2.24) is 10.2 Å². The molecule has 2 amide bonds. The smallest absolute Gasteiger partial charge is 0.242 e. The van der Waals surface area contributed by atoms with Crippen molar-refractivity contribution in [3.63, 3.8) is 0 Å². The van der Waals surface area contributed by atoms with Crippen molar-refractivity contribution < 1.29 is 27.1 Å². The molecular formula is C24H32FN3O5S. The zero-order valence-corrected chi connectivity index (χ0v) is 20.8. The van der Waals surface area contributed by atoms with Gasteiger partial charge in [0.1, 0.15) is 17.6 Å². The molecule has 0 aliphatic heterocycles. The Hall–Kier alpha value is -3.14. The fraction of sp³-hybridized carbons (Fsp3) is 0.417. The predicted octanol–water partition coefficient (Wildman–Crippen LogP) is 2.93. The van der Waals surface area contributed by atoms with Crippen molar-refractivity contribution in [2.24, 2.45) is 0 Å². The Balaban J connectivity index is 2.15. The Morgan fingerprint density at radius 2 is 1.82 bits per heavy atom. The van der Waals surface area contributed by atoms with Gasteiger partial charge in [0, 0.05) is 32.1 Å². The molecular weight excluding hydrogens is 461 g/mol. The van der Waals surface area contributed by atoms with Crippen LogP contribution in [0.1, 0.15) is 32.3 Å². The Bertz CT molecular complexity index is 1080. The van der Waals surface area contributed by atoms with Crippen LogP contribution < -0.4 is 14.4 Å². The summed E-state index contributed by atoms with van der Waals surface area (Å²) in [4.78, 5) is 27.0. The van der Waals surface area contributed by atoms with Gasteiger partial charge in [0.2, 0.25) is 21.8 Å². The fourth-order valence-corrected chi connectivity index (χ4v) is 4.42. The minimum absolute atomic E-state index is 0.0287. The third kappa shape index (κ3) is 7.72. The number of rotatable bonds is 12. The van der Waals surface area contributed by atoms with Gasteiger partial charge in [0.05, 0.1) is 19.1 Å². The van der Waals surface area contributed by atoms with Gasteiger partial charge in [0.15, 0.2) is 0 Å². The van der Waals surface area contributed by atoms with E-state index in [1.54, 1.807) is 50.2 Å². The van der Waals surface area contributed by atoms with Gasteiger partial charge >= 0.3 is 0 Å². The number of hydrogen-bond acceptors (Lipinski definition) is 5. The first kappa shape index (κ1) is 27.1. The number of nitrogens with one attached hydrogen (secondary N) is 1. The van der Waals surface area contributed by atoms with E-state index in [-0.39, 0.29) is 37.7 Å². The van der Waals surface area contributed by atoms with E-state index in [9.17, 15) is 22.4 Å². The molecule has 0 bridgehead atoms. The number of likely N-dealkylation sites (N-methyl/N-ethyl adjacent to an activating group) is 1. The predicted molar refractivity (Wildman–Crippen MR) is 130 cm³/mol. The summed E-state index contributed by atoms with van der Waals surface area (Å²) in [6.07, 6.45) is 1.37. The average Bonchev–Trinajstić information content (AvgIpc) is 2.80. The third-order valence-electron chi connectivity index (χ3n) is 5.28. The number of anilines is 1. The second-order valence-corrected chi connectivity index (χ2v) is 9.77. The van der Waals surface area contributed by atoms with E-state index in [4.69, 9.17) is 4.74 Å². The first-order chi connectivity index (χ1) is 16.1. The Labute approximate surface area is 200 Å². The van der Waals surface area contributed by atoms with Crippen LogP contribution in [0.2, 0.25) is 0 Å². The highest BCUT2D eigenvalue weighted by Gasteiger charge is 2.26. The van der Waals surface area contributed by atoms with E-state index in [1.807, 2.05) is 0 Å². The largest absolute Gasteiger partial charge is 0.497 e. The quantitative estimate of drug-likeness (QED) is 0.491. The summed E-state index contributed by atoms with van der Waals surface area (Å²) in [6, 6.07) is 11.6. The monoisotopic (exact) mass is 493 g/mol. The van der Waals surface area contributed by atoms with Crippen LogP contribution in [0, 0.1) is 5.82 Å². The number of methoxy groups -OCH3 is 1. The maximum absolute atomic E-state index is 13.3. The van der Waals surface area contributed by atoms with Crippen LogP contribution in [0.15, 0.2) is 48.5 Å². The number of hydrogen-bond donors (Lipinski definition) is 1. The molecule has 34 heavy (non-hydrogen) atoms. The van der Waals surface area contributed by atoms with Crippen molar-refractivity contribution in [3.05, 3.63) is 59.9 Å². The zero-order valence-electron chi connectivity index (χ0n) is 20.0. The van der Waals surface area contributed by atoms with E-state index >= 15 is 0 Å². The SMILES string of the molecule is CCNC(=O)C(C)N(Cc1ccc(F)cc1)C(=O)CCCN(c1cccc(OC)c1)S(C)(=O)=O. The van der Waals surface area contributed by atoms with Gasteiger partial charge in [-0.25, -0.2) is 12.8 Å². The van der Waals surface area contributed by atoms with Crippen LogP contribution in [0.3, 0.4) is 0 Å². The maximum atomic E-state index is 13.3. The average molecular weight is 494 g/mol. The van der Waals surface area contributed by atoms with Crippen molar-refractivity contribution in [2.45, 2.75) is 39.3 Å². The zero-order chi connectivity index (χ0) is 25.3. The Morgan fingerprint density at radius 1 is 1.15 bits per heavy atom. The summed E-state index contributed by atoms with van der Waals surface area (Å²) in [5.41, 5.74) is 1.12. The van der Waals surface area contributed by atoms with Crippen molar-refractivity contribution in [1.29, 1.82) is 0 Å². The van der Waals surface area contributed by atoms with Gasteiger partial charge in [-0.3, -0.25) is 13.9 Å². The van der Waals surface area contributed by atoms with Crippen LogP contribution in [0.25, 0.3) is 0 Å². The number of carbonyl (C=O) groups excluding carboxylic acids is 2. The minimum atomic E-state index is -3.60. The minimum Gasteiger partial charge on any atom is -0.497 e. The van der Waals surface area contributed by atoms with E-state index < -0.39 is 21.9 Å². The number of ether oxygens (including phenoxy) is 1. The molecule has 0 heterocycles.